The predicted octanol–water partition coefficient (Wildman–Crippen LogP) is 0.954. The molecule has 3 nitrogen and oxygen atoms in total. The van der Waals surface area contributed by atoms with E-state index in [2.05, 4.69) is 12.2 Å². The minimum Gasteiger partial charge on any atom is -0.326 e. The molecule has 1 aliphatic heterocycles. The summed E-state index contributed by atoms with van der Waals surface area (Å²) in [7, 11) is 0. The number of rotatable bonds is 3. The van der Waals surface area contributed by atoms with Crippen LogP contribution in [0.15, 0.2) is 0 Å². The van der Waals surface area contributed by atoms with Gasteiger partial charge in [0.25, 0.3) is 0 Å². The van der Waals surface area contributed by atoms with E-state index >= 15 is 0 Å². The second kappa shape index (κ2) is 3.66. The fourth-order valence-electron chi connectivity index (χ4n) is 2.14. The standard InChI is InChI=1S/C10H18N2O/c1-2-9-11-6-10(13)12(9)7-8-4-3-5-8/h8-9,11H,2-7H2,1H3. The maximum absolute atomic E-state index is 11.5. The van der Waals surface area contributed by atoms with Gasteiger partial charge < -0.3 is 4.90 Å². The van der Waals surface area contributed by atoms with Gasteiger partial charge in [-0.2, -0.15) is 0 Å². The molecule has 74 valence electrons. The normalized spacial score (nSPS) is 29.5. The minimum absolute atomic E-state index is 0.291. The van der Waals surface area contributed by atoms with E-state index in [0.717, 1.165) is 18.9 Å². The number of nitrogens with zero attached hydrogens (tertiary/aromatic N) is 1. The van der Waals surface area contributed by atoms with Crippen molar-refractivity contribution < 1.29 is 4.79 Å². The Morgan fingerprint density at radius 2 is 2.31 bits per heavy atom. The molecule has 0 aromatic rings. The van der Waals surface area contributed by atoms with Crippen LogP contribution in [-0.2, 0) is 4.79 Å². The average Bonchev–Trinajstić information content (AvgIpc) is 2.39. The number of hydrogen-bond donors (Lipinski definition) is 1. The first kappa shape index (κ1) is 9.00. The Morgan fingerprint density at radius 3 is 2.85 bits per heavy atom. The molecule has 1 saturated carbocycles. The molecule has 1 unspecified atom stereocenters. The minimum atomic E-state index is 0.291. The van der Waals surface area contributed by atoms with Crippen LogP contribution in [-0.4, -0.2) is 30.1 Å². The highest BCUT2D eigenvalue weighted by molar-refractivity contribution is 5.80. The first-order valence-electron chi connectivity index (χ1n) is 5.34. The van der Waals surface area contributed by atoms with Gasteiger partial charge in [-0.05, 0) is 25.2 Å². The topological polar surface area (TPSA) is 32.3 Å². The van der Waals surface area contributed by atoms with Crippen LogP contribution >= 0.6 is 0 Å². The van der Waals surface area contributed by atoms with Crippen LogP contribution in [0.1, 0.15) is 32.6 Å². The van der Waals surface area contributed by atoms with Crippen molar-refractivity contribution in [2.75, 3.05) is 13.1 Å². The number of nitrogens with one attached hydrogen (secondary N) is 1. The van der Waals surface area contributed by atoms with Gasteiger partial charge in [0.15, 0.2) is 0 Å². The highest BCUT2D eigenvalue weighted by atomic mass is 16.2. The lowest BCUT2D eigenvalue weighted by molar-refractivity contribution is -0.129. The molecule has 0 spiro atoms. The molecule has 1 amide bonds. The molecule has 2 aliphatic rings. The van der Waals surface area contributed by atoms with Crippen molar-refractivity contribution in [2.45, 2.75) is 38.8 Å². The third-order valence-electron chi connectivity index (χ3n) is 3.25. The molecule has 13 heavy (non-hydrogen) atoms. The van der Waals surface area contributed by atoms with Gasteiger partial charge in [-0.1, -0.05) is 13.3 Å². The third kappa shape index (κ3) is 1.70. The van der Waals surface area contributed by atoms with Gasteiger partial charge >= 0.3 is 0 Å². The van der Waals surface area contributed by atoms with Crippen LogP contribution in [0.4, 0.5) is 0 Å². The molecule has 1 saturated heterocycles. The lowest BCUT2D eigenvalue weighted by Gasteiger charge is -2.32. The molecule has 1 aliphatic carbocycles. The fraction of sp³-hybridized carbons (Fsp3) is 0.900. The van der Waals surface area contributed by atoms with Crippen molar-refractivity contribution in [1.29, 1.82) is 0 Å². The smallest absolute Gasteiger partial charge is 0.237 e. The van der Waals surface area contributed by atoms with E-state index in [9.17, 15) is 4.79 Å². The monoisotopic (exact) mass is 182 g/mol. The number of hydrogen-bond acceptors (Lipinski definition) is 2. The van der Waals surface area contributed by atoms with Crippen LogP contribution in [0.25, 0.3) is 0 Å². The Morgan fingerprint density at radius 1 is 1.54 bits per heavy atom. The number of amides is 1. The molecule has 3 heteroatoms. The Bertz CT molecular complexity index is 201. The SMILES string of the molecule is CCC1NCC(=O)N1CC1CCC1. The molecular formula is C10H18N2O. The summed E-state index contributed by atoms with van der Waals surface area (Å²) < 4.78 is 0. The van der Waals surface area contributed by atoms with Gasteiger partial charge in [0.2, 0.25) is 5.91 Å². The zero-order chi connectivity index (χ0) is 9.26. The summed E-state index contributed by atoms with van der Waals surface area (Å²) in [6, 6.07) is 0. The molecule has 0 bridgehead atoms. The Hall–Kier alpha value is -0.570. The van der Waals surface area contributed by atoms with Crippen molar-refractivity contribution in [3.05, 3.63) is 0 Å². The van der Waals surface area contributed by atoms with Crippen LogP contribution in [0, 0.1) is 5.92 Å². The van der Waals surface area contributed by atoms with Gasteiger partial charge in [0, 0.05) is 6.54 Å². The average molecular weight is 182 g/mol. The van der Waals surface area contributed by atoms with Crippen LogP contribution < -0.4 is 5.32 Å². The number of carbonyl (C=O) groups is 1. The van der Waals surface area contributed by atoms with E-state index in [1.54, 1.807) is 0 Å². The molecule has 0 aromatic carbocycles. The maximum atomic E-state index is 11.5. The van der Waals surface area contributed by atoms with Gasteiger partial charge in [-0.3, -0.25) is 10.1 Å². The van der Waals surface area contributed by atoms with Crippen molar-refractivity contribution in [1.82, 2.24) is 10.2 Å². The van der Waals surface area contributed by atoms with E-state index < -0.39 is 0 Å². The second-order valence-corrected chi connectivity index (χ2v) is 4.15. The summed E-state index contributed by atoms with van der Waals surface area (Å²) in [6.45, 7) is 3.67. The van der Waals surface area contributed by atoms with Gasteiger partial charge in [0.05, 0.1) is 12.7 Å². The highest BCUT2D eigenvalue weighted by Crippen LogP contribution is 2.28. The second-order valence-electron chi connectivity index (χ2n) is 4.15. The molecule has 1 N–H and O–H groups in total. The van der Waals surface area contributed by atoms with E-state index in [4.69, 9.17) is 0 Å². The molecule has 0 aromatic heterocycles. The summed E-state index contributed by atoms with van der Waals surface area (Å²) in [5.74, 6) is 1.08. The first-order chi connectivity index (χ1) is 6.31. The zero-order valence-corrected chi connectivity index (χ0v) is 8.25. The van der Waals surface area contributed by atoms with Crippen molar-refractivity contribution in [2.24, 2.45) is 5.92 Å². The lowest BCUT2D eigenvalue weighted by atomic mass is 9.85. The molecular weight excluding hydrogens is 164 g/mol. The van der Waals surface area contributed by atoms with Crippen LogP contribution in [0.3, 0.4) is 0 Å². The highest BCUT2D eigenvalue weighted by Gasteiger charge is 2.32. The molecule has 2 fully saturated rings. The third-order valence-corrected chi connectivity index (χ3v) is 3.25. The van der Waals surface area contributed by atoms with Crippen LogP contribution in [0.2, 0.25) is 0 Å². The van der Waals surface area contributed by atoms with E-state index in [-0.39, 0.29) is 0 Å². The Labute approximate surface area is 79.5 Å². The van der Waals surface area contributed by atoms with Gasteiger partial charge in [-0.25, -0.2) is 0 Å². The summed E-state index contributed by atoms with van der Waals surface area (Å²) in [6.07, 6.45) is 5.34. The van der Waals surface area contributed by atoms with E-state index in [1.165, 1.54) is 19.3 Å². The fourth-order valence-corrected chi connectivity index (χ4v) is 2.14. The summed E-state index contributed by atoms with van der Waals surface area (Å²) in [5.41, 5.74) is 0. The Balaban J connectivity index is 1.89. The van der Waals surface area contributed by atoms with Gasteiger partial charge in [-0.15, -0.1) is 0 Å². The summed E-state index contributed by atoms with van der Waals surface area (Å²) in [5, 5.41) is 3.24. The quantitative estimate of drug-likeness (QED) is 0.705. The van der Waals surface area contributed by atoms with Crippen molar-refractivity contribution >= 4 is 5.91 Å². The van der Waals surface area contributed by atoms with Crippen molar-refractivity contribution in [3.63, 3.8) is 0 Å². The number of carbonyl (C=O) groups excluding carboxylic acids is 1. The van der Waals surface area contributed by atoms with E-state index in [1.807, 2.05) is 4.90 Å². The first-order valence-corrected chi connectivity index (χ1v) is 5.34. The molecule has 0 radical (unpaired) electrons. The Kier molecular flexibility index (Phi) is 2.54. The van der Waals surface area contributed by atoms with Crippen molar-refractivity contribution in [3.8, 4) is 0 Å². The summed E-state index contributed by atoms with van der Waals surface area (Å²) >= 11 is 0. The largest absolute Gasteiger partial charge is 0.326 e. The van der Waals surface area contributed by atoms with Gasteiger partial charge in [0.1, 0.15) is 0 Å². The summed E-state index contributed by atoms with van der Waals surface area (Å²) in [4.78, 5) is 13.5. The molecule has 2 rings (SSSR count). The maximum Gasteiger partial charge on any atom is 0.237 e. The molecule has 1 heterocycles. The predicted molar refractivity (Wildman–Crippen MR) is 51.1 cm³/mol. The zero-order valence-electron chi connectivity index (χ0n) is 8.25. The van der Waals surface area contributed by atoms with Crippen LogP contribution in [0.5, 0.6) is 0 Å². The lowest BCUT2D eigenvalue weighted by Crippen LogP contribution is -2.41. The molecule has 1 atom stereocenters. The van der Waals surface area contributed by atoms with E-state index in [0.29, 0.717) is 18.6 Å².